The van der Waals surface area contributed by atoms with Gasteiger partial charge in [0, 0.05) is 0 Å². The van der Waals surface area contributed by atoms with Crippen LogP contribution in [0.4, 0.5) is 0 Å². The third-order valence-electron chi connectivity index (χ3n) is 0.719. The van der Waals surface area contributed by atoms with Gasteiger partial charge in [0.2, 0.25) is 6.79 Å². The molecular weight excluding hydrogens is 207 g/mol. The number of hydrogen-bond acceptors (Lipinski definition) is 6. The Kier molecular flexibility index (Phi) is 4.43. The zero-order valence-electron chi connectivity index (χ0n) is 6.08. The molecule has 0 saturated heterocycles. The lowest BCUT2D eigenvalue weighted by Crippen LogP contribution is -2.19. The van der Waals surface area contributed by atoms with Crippen molar-refractivity contribution >= 4 is 25.9 Å². The largest absolute Gasteiger partial charge is 0.472 e. The van der Waals surface area contributed by atoms with E-state index in [1.807, 2.05) is 0 Å². The van der Waals surface area contributed by atoms with Gasteiger partial charge in [-0.15, -0.1) is 0 Å². The van der Waals surface area contributed by atoms with E-state index in [1.165, 1.54) is 0 Å². The Balaban J connectivity index is 3.79. The van der Waals surface area contributed by atoms with E-state index in [-0.39, 0.29) is 6.29 Å². The monoisotopic (exact) mass is 212 g/mol. The van der Waals surface area contributed by atoms with E-state index in [1.54, 1.807) is 0 Å². The van der Waals surface area contributed by atoms with Crippen LogP contribution in [-0.2, 0) is 28.2 Å². The van der Waals surface area contributed by atoms with Gasteiger partial charge in [-0.2, -0.15) is 0 Å². The highest BCUT2D eigenvalue weighted by atomic mass is 31.2. The lowest BCUT2D eigenvalue weighted by Gasteiger charge is -2.03. The Morgan fingerprint density at radius 1 is 1.38 bits per heavy atom. The number of hydrogen-bond donors (Lipinski definition) is 2. The SMILES string of the molecule is O=CC(=O)C(=O)OCOP(=O)(O)O. The first-order valence-corrected chi connectivity index (χ1v) is 4.26. The molecule has 0 aliphatic carbocycles. The summed E-state index contributed by atoms with van der Waals surface area (Å²) < 4.78 is 17.5. The Hall–Kier alpha value is -1.08. The lowest BCUT2D eigenvalue weighted by molar-refractivity contribution is -0.159. The molecular formula is C4H5O8P. The van der Waals surface area contributed by atoms with Gasteiger partial charge < -0.3 is 14.5 Å². The normalized spacial score (nSPS) is 10.6. The van der Waals surface area contributed by atoms with E-state index in [0.717, 1.165) is 0 Å². The second-order valence-corrected chi connectivity index (χ2v) is 2.89. The summed E-state index contributed by atoms with van der Waals surface area (Å²) in [6.45, 7) is -1.09. The lowest BCUT2D eigenvalue weighted by atomic mass is 10.5. The molecule has 0 bridgehead atoms. The number of rotatable bonds is 5. The highest BCUT2D eigenvalue weighted by Gasteiger charge is 2.18. The maximum atomic E-state index is 10.3. The van der Waals surface area contributed by atoms with Crippen LogP contribution in [0.3, 0.4) is 0 Å². The number of carbonyl (C=O) groups excluding carboxylic acids is 3. The first-order chi connectivity index (χ1) is 5.87. The molecule has 0 aromatic heterocycles. The average molecular weight is 212 g/mol. The van der Waals surface area contributed by atoms with Gasteiger partial charge in [0.15, 0.2) is 6.29 Å². The fraction of sp³-hybridized carbons (Fsp3) is 0.250. The van der Waals surface area contributed by atoms with Crippen LogP contribution >= 0.6 is 7.82 Å². The molecule has 0 rings (SSSR count). The van der Waals surface area contributed by atoms with Gasteiger partial charge in [0.25, 0.3) is 0 Å². The van der Waals surface area contributed by atoms with Crippen molar-refractivity contribution in [3.63, 3.8) is 0 Å². The minimum Gasteiger partial charge on any atom is -0.432 e. The molecule has 0 aliphatic rings. The number of aldehydes is 1. The second-order valence-electron chi connectivity index (χ2n) is 1.65. The molecule has 0 atom stereocenters. The molecule has 0 fully saturated rings. The third kappa shape index (κ3) is 6.12. The predicted molar refractivity (Wildman–Crippen MR) is 35.2 cm³/mol. The fourth-order valence-corrected chi connectivity index (χ4v) is 0.458. The summed E-state index contributed by atoms with van der Waals surface area (Å²) in [4.78, 5) is 46.3. The Bertz CT molecular complexity index is 263. The summed E-state index contributed by atoms with van der Waals surface area (Å²) in [5.41, 5.74) is 0. The predicted octanol–water partition coefficient (Wildman–Crippen LogP) is -1.64. The molecule has 0 aliphatic heterocycles. The Labute approximate surface area is 71.7 Å². The first-order valence-electron chi connectivity index (χ1n) is 2.73. The third-order valence-corrected chi connectivity index (χ3v) is 1.16. The van der Waals surface area contributed by atoms with Crippen LogP contribution in [0, 0.1) is 0 Å². The van der Waals surface area contributed by atoms with Crippen molar-refractivity contribution in [2.75, 3.05) is 6.79 Å². The quantitative estimate of drug-likeness (QED) is 0.139. The minimum absolute atomic E-state index is 0.292. The summed E-state index contributed by atoms with van der Waals surface area (Å²) in [6, 6.07) is 0. The van der Waals surface area contributed by atoms with Crippen LogP contribution in [0.1, 0.15) is 0 Å². The summed E-state index contributed by atoms with van der Waals surface area (Å²) in [5.74, 6) is -3.00. The number of carbonyl (C=O) groups is 3. The molecule has 13 heavy (non-hydrogen) atoms. The average Bonchev–Trinajstić information content (AvgIpc) is 2.00. The summed E-state index contributed by atoms with van der Waals surface area (Å²) >= 11 is 0. The van der Waals surface area contributed by atoms with Gasteiger partial charge in [-0.05, 0) is 0 Å². The van der Waals surface area contributed by atoms with E-state index >= 15 is 0 Å². The molecule has 0 amide bonds. The molecule has 0 unspecified atom stereocenters. The van der Waals surface area contributed by atoms with E-state index in [0.29, 0.717) is 0 Å². The van der Waals surface area contributed by atoms with Gasteiger partial charge in [-0.3, -0.25) is 9.59 Å². The van der Waals surface area contributed by atoms with Gasteiger partial charge in [-0.25, -0.2) is 13.9 Å². The number of Topliss-reactive ketones (excluding diaryl/α,β-unsaturated/α-hetero) is 1. The zero-order valence-corrected chi connectivity index (χ0v) is 6.97. The molecule has 8 nitrogen and oxygen atoms in total. The summed E-state index contributed by atoms with van der Waals surface area (Å²) in [7, 11) is -4.74. The maximum Gasteiger partial charge on any atom is 0.472 e. The van der Waals surface area contributed by atoms with Crippen LogP contribution in [-0.4, -0.2) is 34.6 Å². The van der Waals surface area contributed by atoms with Crippen molar-refractivity contribution in [3.05, 3.63) is 0 Å². The van der Waals surface area contributed by atoms with Crippen molar-refractivity contribution in [2.24, 2.45) is 0 Å². The van der Waals surface area contributed by atoms with Crippen LogP contribution in [0.25, 0.3) is 0 Å². The van der Waals surface area contributed by atoms with Crippen molar-refractivity contribution in [2.45, 2.75) is 0 Å². The molecule has 0 saturated carbocycles. The maximum absolute atomic E-state index is 10.3. The van der Waals surface area contributed by atoms with Crippen LogP contribution < -0.4 is 0 Å². The van der Waals surface area contributed by atoms with Crippen LogP contribution in [0.2, 0.25) is 0 Å². The first kappa shape index (κ1) is 11.9. The fourth-order valence-electron chi connectivity index (χ4n) is 0.268. The van der Waals surface area contributed by atoms with Crippen molar-refractivity contribution in [1.82, 2.24) is 0 Å². The zero-order chi connectivity index (χ0) is 10.5. The number of phosphoric ester groups is 1. The Morgan fingerprint density at radius 3 is 2.31 bits per heavy atom. The van der Waals surface area contributed by atoms with Gasteiger partial charge in [0.05, 0.1) is 0 Å². The standard InChI is InChI=1S/C4H5O8P/c5-1-3(6)4(7)11-2-12-13(8,9)10/h1H,2H2,(H2,8,9,10). The second kappa shape index (κ2) is 4.83. The molecule has 9 heteroatoms. The number of ether oxygens (including phenoxy) is 1. The van der Waals surface area contributed by atoms with Gasteiger partial charge in [-0.1, -0.05) is 0 Å². The van der Waals surface area contributed by atoms with Crippen LogP contribution in [0.15, 0.2) is 0 Å². The topological polar surface area (TPSA) is 127 Å². The van der Waals surface area contributed by atoms with E-state index in [2.05, 4.69) is 9.26 Å². The number of esters is 1. The van der Waals surface area contributed by atoms with E-state index in [9.17, 15) is 18.9 Å². The minimum atomic E-state index is -4.74. The highest BCUT2D eigenvalue weighted by Crippen LogP contribution is 2.35. The Morgan fingerprint density at radius 2 is 1.92 bits per heavy atom. The van der Waals surface area contributed by atoms with Crippen molar-refractivity contribution in [1.29, 1.82) is 0 Å². The molecule has 2 N–H and O–H groups in total. The molecule has 0 spiro atoms. The molecule has 74 valence electrons. The summed E-state index contributed by atoms with van der Waals surface area (Å²) in [5, 5.41) is 0. The highest BCUT2D eigenvalue weighted by molar-refractivity contribution is 7.46. The van der Waals surface area contributed by atoms with Crippen LogP contribution in [0.5, 0.6) is 0 Å². The molecule has 0 radical (unpaired) electrons. The van der Waals surface area contributed by atoms with E-state index < -0.39 is 26.4 Å². The van der Waals surface area contributed by atoms with E-state index in [4.69, 9.17) is 9.79 Å². The van der Waals surface area contributed by atoms with Crippen molar-refractivity contribution < 1.29 is 38.0 Å². The smallest absolute Gasteiger partial charge is 0.432 e. The molecule has 0 aromatic carbocycles. The molecule has 0 aromatic rings. The molecule has 0 heterocycles. The van der Waals surface area contributed by atoms with Crippen molar-refractivity contribution in [3.8, 4) is 0 Å². The van der Waals surface area contributed by atoms with Gasteiger partial charge >= 0.3 is 19.6 Å². The number of phosphoric acid groups is 1. The number of ketones is 1. The van der Waals surface area contributed by atoms with Gasteiger partial charge in [0.1, 0.15) is 0 Å². The summed E-state index contributed by atoms with van der Waals surface area (Å²) in [6.07, 6.45) is -0.292.